The van der Waals surface area contributed by atoms with Gasteiger partial charge in [-0.3, -0.25) is 4.79 Å². The molecule has 2 N–H and O–H groups in total. The summed E-state index contributed by atoms with van der Waals surface area (Å²) in [7, 11) is 0. The lowest BCUT2D eigenvalue weighted by molar-refractivity contribution is -0.130. The third kappa shape index (κ3) is 4.88. The first-order valence-electron chi connectivity index (χ1n) is 10.3. The Labute approximate surface area is 167 Å². The van der Waals surface area contributed by atoms with Crippen molar-refractivity contribution in [3.63, 3.8) is 0 Å². The topological polar surface area (TPSA) is 83.0 Å². The van der Waals surface area contributed by atoms with Gasteiger partial charge >= 0.3 is 0 Å². The number of rotatable bonds is 6. The molecule has 152 valence electrons. The maximum absolute atomic E-state index is 11.6. The number of pyridine rings is 1. The average Bonchev–Trinajstić information content (AvgIpc) is 2.66. The van der Waals surface area contributed by atoms with Crippen LogP contribution in [-0.2, 0) is 4.79 Å². The lowest BCUT2D eigenvalue weighted by Crippen LogP contribution is -2.40. The van der Waals surface area contributed by atoms with Gasteiger partial charge < -0.3 is 15.5 Å². The Bertz CT molecular complexity index is 835. The molecule has 0 bridgehead atoms. The molecule has 0 aliphatic carbocycles. The third-order valence-corrected chi connectivity index (χ3v) is 5.12. The number of hydrogen-bond acceptors (Lipinski definition) is 6. The molecule has 7 nitrogen and oxygen atoms in total. The van der Waals surface area contributed by atoms with Crippen molar-refractivity contribution < 1.29 is 4.79 Å². The summed E-state index contributed by atoms with van der Waals surface area (Å²) in [6, 6.07) is 2.34. The highest BCUT2D eigenvalue weighted by Gasteiger charge is 2.21. The van der Waals surface area contributed by atoms with Gasteiger partial charge in [-0.15, -0.1) is 0 Å². The number of anilines is 2. The van der Waals surface area contributed by atoms with Gasteiger partial charge in [-0.25, -0.2) is 15.0 Å². The van der Waals surface area contributed by atoms with Crippen LogP contribution in [0.5, 0.6) is 0 Å². The first kappa shape index (κ1) is 20.3. The molecule has 1 saturated heterocycles. The van der Waals surface area contributed by atoms with E-state index in [1.165, 1.54) is 0 Å². The Hall–Kier alpha value is -2.44. The van der Waals surface area contributed by atoms with Crippen LogP contribution < -0.4 is 10.6 Å². The van der Waals surface area contributed by atoms with Crippen LogP contribution in [0.2, 0.25) is 0 Å². The van der Waals surface area contributed by atoms with Gasteiger partial charge in [0.2, 0.25) is 11.9 Å². The Morgan fingerprint density at radius 1 is 1.29 bits per heavy atom. The van der Waals surface area contributed by atoms with Gasteiger partial charge in [0.25, 0.3) is 0 Å². The average molecular weight is 385 g/mol. The van der Waals surface area contributed by atoms with E-state index < -0.39 is 0 Å². The lowest BCUT2D eigenvalue weighted by atomic mass is 9.98. The van der Waals surface area contributed by atoms with Gasteiger partial charge in [0.05, 0.1) is 0 Å². The molecule has 0 radical (unpaired) electrons. The molecule has 1 aliphatic rings. The zero-order chi connectivity index (χ0) is 20.3. The fourth-order valence-electron chi connectivity index (χ4n) is 3.57. The smallest absolute Gasteiger partial charge is 0.223 e. The SMILES string of the molecule is CC(=O)N1CCCC(CNc2ncc3cc(C(C)C)nc(NC(C)C)c3n2)C1. The molecular weight excluding hydrogens is 352 g/mol. The van der Waals surface area contributed by atoms with Crippen LogP contribution in [0.1, 0.15) is 59.1 Å². The Kier molecular flexibility index (Phi) is 6.31. The normalized spacial score (nSPS) is 17.4. The second-order valence-electron chi connectivity index (χ2n) is 8.34. The predicted octanol–water partition coefficient (Wildman–Crippen LogP) is 3.64. The molecule has 0 saturated carbocycles. The molecule has 7 heteroatoms. The number of nitrogens with zero attached hydrogens (tertiary/aromatic N) is 4. The summed E-state index contributed by atoms with van der Waals surface area (Å²) < 4.78 is 0. The van der Waals surface area contributed by atoms with E-state index in [0.717, 1.165) is 54.9 Å². The lowest BCUT2D eigenvalue weighted by Gasteiger charge is -2.32. The van der Waals surface area contributed by atoms with Crippen molar-refractivity contribution in [2.24, 2.45) is 5.92 Å². The van der Waals surface area contributed by atoms with Gasteiger partial charge in [-0.1, -0.05) is 13.8 Å². The molecule has 1 amide bonds. The standard InChI is InChI=1S/C21H32N6O/c1-13(2)18-9-17-11-23-21(26-19(17)20(25-18)24-14(3)4)22-10-16-7-6-8-27(12-16)15(5)28/h9,11,13-14,16H,6-8,10,12H2,1-5H3,(H,24,25)(H,22,23,26). The molecule has 1 fully saturated rings. The molecule has 3 heterocycles. The van der Waals surface area contributed by atoms with Crippen molar-refractivity contribution in [2.75, 3.05) is 30.3 Å². The minimum absolute atomic E-state index is 0.156. The largest absolute Gasteiger partial charge is 0.366 e. The number of aromatic nitrogens is 3. The van der Waals surface area contributed by atoms with E-state index in [4.69, 9.17) is 9.97 Å². The molecule has 0 aromatic carbocycles. The molecule has 3 rings (SSSR count). The number of nitrogens with one attached hydrogen (secondary N) is 2. The van der Waals surface area contributed by atoms with Crippen LogP contribution in [0.15, 0.2) is 12.3 Å². The third-order valence-electron chi connectivity index (χ3n) is 5.12. The Morgan fingerprint density at radius 3 is 2.75 bits per heavy atom. The van der Waals surface area contributed by atoms with Gasteiger partial charge in [-0.2, -0.15) is 0 Å². The maximum atomic E-state index is 11.6. The molecule has 2 aromatic heterocycles. The minimum atomic E-state index is 0.156. The number of likely N-dealkylation sites (tertiary alicyclic amines) is 1. The van der Waals surface area contributed by atoms with E-state index in [0.29, 0.717) is 17.8 Å². The van der Waals surface area contributed by atoms with Crippen molar-refractivity contribution in [3.05, 3.63) is 18.0 Å². The van der Waals surface area contributed by atoms with Crippen LogP contribution >= 0.6 is 0 Å². The van der Waals surface area contributed by atoms with Gasteiger partial charge in [0, 0.05) is 49.9 Å². The highest BCUT2D eigenvalue weighted by Crippen LogP contribution is 2.26. The number of carbonyl (C=O) groups excluding carboxylic acids is 1. The van der Waals surface area contributed by atoms with Crippen LogP contribution in [0.4, 0.5) is 11.8 Å². The van der Waals surface area contributed by atoms with Crippen LogP contribution in [0.3, 0.4) is 0 Å². The summed E-state index contributed by atoms with van der Waals surface area (Å²) in [6.45, 7) is 12.5. The Balaban J connectivity index is 1.79. The number of fused-ring (bicyclic) bond motifs is 1. The molecule has 2 aromatic rings. The van der Waals surface area contributed by atoms with E-state index in [1.807, 2.05) is 11.1 Å². The summed E-state index contributed by atoms with van der Waals surface area (Å²) in [5.41, 5.74) is 1.87. The van der Waals surface area contributed by atoms with Crippen LogP contribution in [0, 0.1) is 5.92 Å². The fraction of sp³-hybridized carbons (Fsp3) is 0.619. The zero-order valence-corrected chi connectivity index (χ0v) is 17.6. The zero-order valence-electron chi connectivity index (χ0n) is 17.6. The van der Waals surface area contributed by atoms with Crippen molar-refractivity contribution in [1.82, 2.24) is 19.9 Å². The summed E-state index contributed by atoms with van der Waals surface area (Å²) in [4.78, 5) is 27.6. The number of amides is 1. The van der Waals surface area contributed by atoms with Gasteiger partial charge in [0.1, 0.15) is 5.52 Å². The van der Waals surface area contributed by atoms with Crippen LogP contribution in [-0.4, -0.2) is 51.4 Å². The quantitative estimate of drug-likeness (QED) is 0.791. The summed E-state index contributed by atoms with van der Waals surface area (Å²) in [6.07, 6.45) is 4.03. The van der Waals surface area contributed by atoms with E-state index in [9.17, 15) is 4.79 Å². The van der Waals surface area contributed by atoms with Crippen molar-refractivity contribution in [1.29, 1.82) is 0 Å². The highest BCUT2D eigenvalue weighted by molar-refractivity contribution is 5.89. The number of piperidine rings is 1. The second kappa shape index (κ2) is 8.71. The predicted molar refractivity (Wildman–Crippen MR) is 114 cm³/mol. The summed E-state index contributed by atoms with van der Waals surface area (Å²) in [5, 5.41) is 7.78. The number of carbonyl (C=O) groups is 1. The van der Waals surface area contributed by atoms with Crippen LogP contribution in [0.25, 0.3) is 10.9 Å². The van der Waals surface area contributed by atoms with E-state index >= 15 is 0 Å². The molecule has 1 aliphatic heterocycles. The van der Waals surface area contributed by atoms with Crippen molar-refractivity contribution >= 4 is 28.6 Å². The minimum Gasteiger partial charge on any atom is -0.366 e. The molecule has 1 atom stereocenters. The van der Waals surface area contributed by atoms with E-state index in [-0.39, 0.29) is 11.9 Å². The molecule has 28 heavy (non-hydrogen) atoms. The Morgan fingerprint density at radius 2 is 2.07 bits per heavy atom. The van der Waals surface area contributed by atoms with Crippen molar-refractivity contribution in [2.45, 2.75) is 59.4 Å². The first-order valence-corrected chi connectivity index (χ1v) is 10.3. The fourth-order valence-corrected chi connectivity index (χ4v) is 3.57. The molecular formula is C21H32N6O. The van der Waals surface area contributed by atoms with E-state index in [1.54, 1.807) is 6.92 Å². The van der Waals surface area contributed by atoms with Gasteiger partial charge in [0.15, 0.2) is 5.82 Å². The molecule has 0 spiro atoms. The van der Waals surface area contributed by atoms with Gasteiger partial charge in [-0.05, 0) is 44.6 Å². The monoisotopic (exact) mass is 384 g/mol. The number of hydrogen-bond donors (Lipinski definition) is 2. The summed E-state index contributed by atoms with van der Waals surface area (Å²) >= 11 is 0. The van der Waals surface area contributed by atoms with E-state index in [2.05, 4.69) is 49.4 Å². The second-order valence-corrected chi connectivity index (χ2v) is 8.34. The highest BCUT2D eigenvalue weighted by atomic mass is 16.2. The molecule has 1 unspecified atom stereocenters. The maximum Gasteiger partial charge on any atom is 0.223 e. The van der Waals surface area contributed by atoms with Crippen molar-refractivity contribution in [3.8, 4) is 0 Å². The first-order chi connectivity index (χ1) is 13.3. The summed E-state index contributed by atoms with van der Waals surface area (Å²) in [5.74, 6) is 2.33.